The van der Waals surface area contributed by atoms with Gasteiger partial charge in [-0.3, -0.25) is 14.9 Å². The molecule has 3 aromatic rings. The lowest BCUT2D eigenvalue weighted by Gasteiger charge is -2.10. The van der Waals surface area contributed by atoms with Gasteiger partial charge in [0.05, 0.1) is 23.7 Å². The van der Waals surface area contributed by atoms with Crippen LogP contribution in [0, 0.1) is 30.9 Å². The largest absolute Gasteiger partial charge is 0.496 e. The van der Waals surface area contributed by atoms with Crippen LogP contribution >= 0.6 is 0 Å². The first kappa shape index (κ1) is 20.8. The Morgan fingerprint density at radius 2 is 1.97 bits per heavy atom. The summed E-state index contributed by atoms with van der Waals surface area (Å²) in [7, 11) is 1.40. The average Bonchev–Trinajstić information content (AvgIpc) is 3.09. The lowest BCUT2D eigenvalue weighted by atomic mass is 10.1. The van der Waals surface area contributed by atoms with Crippen LogP contribution in [0.1, 0.15) is 32.9 Å². The van der Waals surface area contributed by atoms with E-state index in [2.05, 4.69) is 10.5 Å². The average molecular weight is 411 g/mol. The van der Waals surface area contributed by atoms with Gasteiger partial charge in [0.1, 0.15) is 29.6 Å². The molecule has 0 unspecified atom stereocenters. The fourth-order valence-electron chi connectivity index (χ4n) is 2.83. The van der Waals surface area contributed by atoms with Gasteiger partial charge in [-0.25, -0.2) is 0 Å². The maximum atomic E-state index is 12.8. The van der Waals surface area contributed by atoms with Crippen molar-refractivity contribution in [2.75, 3.05) is 12.4 Å². The standard InChI is InChI=1S/C21H21N3O6/c1-12-5-6-13(2)19(9-12)29-11-16-14(3)30-23-20(16)21(25)22-17-8-7-15(28-4)10-18(17)24(26)27/h5-10H,11H2,1-4H3,(H,22,25). The number of aromatic nitrogens is 1. The lowest BCUT2D eigenvalue weighted by molar-refractivity contribution is -0.384. The molecular weight excluding hydrogens is 390 g/mol. The molecule has 0 bridgehead atoms. The Labute approximate surface area is 172 Å². The van der Waals surface area contributed by atoms with Gasteiger partial charge in [-0.2, -0.15) is 0 Å². The zero-order chi connectivity index (χ0) is 21.8. The number of nitrogens with zero attached hydrogens (tertiary/aromatic N) is 2. The van der Waals surface area contributed by atoms with Gasteiger partial charge in [-0.1, -0.05) is 17.3 Å². The normalized spacial score (nSPS) is 10.5. The molecule has 30 heavy (non-hydrogen) atoms. The van der Waals surface area contributed by atoms with Gasteiger partial charge < -0.3 is 19.3 Å². The highest BCUT2D eigenvalue weighted by atomic mass is 16.6. The number of aryl methyl sites for hydroxylation is 3. The highest BCUT2D eigenvalue weighted by molar-refractivity contribution is 6.05. The van der Waals surface area contributed by atoms with Crippen LogP contribution in [0.25, 0.3) is 0 Å². The van der Waals surface area contributed by atoms with Crippen LogP contribution in [-0.2, 0) is 6.61 Å². The van der Waals surface area contributed by atoms with Crippen molar-refractivity contribution in [1.29, 1.82) is 0 Å². The van der Waals surface area contributed by atoms with Crippen LogP contribution in [0.2, 0.25) is 0 Å². The number of nitro benzene ring substituents is 1. The Morgan fingerprint density at radius 1 is 1.20 bits per heavy atom. The summed E-state index contributed by atoms with van der Waals surface area (Å²) in [4.78, 5) is 23.5. The van der Waals surface area contributed by atoms with E-state index in [1.165, 1.54) is 25.3 Å². The fraction of sp³-hybridized carbons (Fsp3) is 0.238. The van der Waals surface area contributed by atoms with Gasteiger partial charge in [-0.15, -0.1) is 0 Å². The molecule has 9 nitrogen and oxygen atoms in total. The molecule has 0 saturated heterocycles. The third kappa shape index (κ3) is 4.40. The van der Waals surface area contributed by atoms with Crippen molar-refractivity contribution in [3.8, 4) is 11.5 Å². The Morgan fingerprint density at radius 3 is 2.67 bits per heavy atom. The van der Waals surface area contributed by atoms with Crippen molar-refractivity contribution in [1.82, 2.24) is 5.16 Å². The summed E-state index contributed by atoms with van der Waals surface area (Å²) < 4.78 is 16.0. The number of benzene rings is 2. The Kier molecular flexibility index (Phi) is 6.01. The van der Waals surface area contributed by atoms with E-state index in [-0.39, 0.29) is 23.7 Å². The Hall–Kier alpha value is -3.88. The molecular formula is C21H21N3O6. The molecule has 0 saturated carbocycles. The first-order valence-corrected chi connectivity index (χ1v) is 9.09. The third-order valence-corrected chi connectivity index (χ3v) is 4.57. The van der Waals surface area contributed by atoms with Crippen LogP contribution in [0.4, 0.5) is 11.4 Å². The minimum absolute atomic E-state index is 0.00271. The first-order valence-electron chi connectivity index (χ1n) is 9.09. The molecule has 0 fully saturated rings. The summed E-state index contributed by atoms with van der Waals surface area (Å²) in [6.45, 7) is 5.61. The number of hydrogen-bond acceptors (Lipinski definition) is 7. The number of anilines is 1. The summed E-state index contributed by atoms with van der Waals surface area (Å²) in [6.07, 6.45) is 0. The molecule has 9 heteroatoms. The predicted molar refractivity (Wildman–Crippen MR) is 109 cm³/mol. The molecule has 156 valence electrons. The van der Waals surface area contributed by atoms with E-state index in [1.807, 2.05) is 32.0 Å². The minimum Gasteiger partial charge on any atom is -0.496 e. The van der Waals surface area contributed by atoms with Crippen LogP contribution in [0.5, 0.6) is 11.5 Å². The fourth-order valence-corrected chi connectivity index (χ4v) is 2.83. The molecule has 1 amide bonds. The molecule has 0 aliphatic rings. The van der Waals surface area contributed by atoms with Crippen LogP contribution in [-0.4, -0.2) is 23.1 Å². The van der Waals surface area contributed by atoms with Crippen molar-refractivity contribution in [3.63, 3.8) is 0 Å². The monoisotopic (exact) mass is 411 g/mol. The molecule has 1 aromatic heterocycles. The van der Waals surface area contributed by atoms with E-state index in [9.17, 15) is 14.9 Å². The van der Waals surface area contributed by atoms with E-state index < -0.39 is 10.8 Å². The van der Waals surface area contributed by atoms with Gasteiger partial charge in [0.25, 0.3) is 11.6 Å². The minimum atomic E-state index is -0.639. The number of ether oxygens (including phenoxy) is 2. The second-order valence-corrected chi connectivity index (χ2v) is 6.72. The highest BCUT2D eigenvalue weighted by Gasteiger charge is 2.24. The van der Waals surface area contributed by atoms with E-state index in [4.69, 9.17) is 14.0 Å². The number of carbonyl (C=O) groups excluding carboxylic acids is 1. The highest BCUT2D eigenvalue weighted by Crippen LogP contribution is 2.30. The van der Waals surface area contributed by atoms with Crippen molar-refractivity contribution in [2.45, 2.75) is 27.4 Å². The molecule has 3 rings (SSSR count). The second-order valence-electron chi connectivity index (χ2n) is 6.72. The zero-order valence-electron chi connectivity index (χ0n) is 17.0. The quantitative estimate of drug-likeness (QED) is 0.454. The summed E-state index contributed by atoms with van der Waals surface area (Å²) in [5.74, 6) is 0.779. The van der Waals surface area contributed by atoms with E-state index in [0.29, 0.717) is 22.8 Å². The van der Waals surface area contributed by atoms with Crippen molar-refractivity contribution in [3.05, 3.63) is 74.7 Å². The van der Waals surface area contributed by atoms with Gasteiger partial charge >= 0.3 is 0 Å². The summed E-state index contributed by atoms with van der Waals surface area (Å²) in [5, 5.41) is 17.7. The molecule has 1 N–H and O–H groups in total. The maximum Gasteiger partial charge on any atom is 0.296 e. The predicted octanol–water partition coefficient (Wildman–Crippen LogP) is 4.35. The number of carbonyl (C=O) groups is 1. The zero-order valence-corrected chi connectivity index (χ0v) is 17.0. The van der Waals surface area contributed by atoms with Crippen molar-refractivity contribution in [2.24, 2.45) is 0 Å². The molecule has 0 atom stereocenters. The molecule has 0 radical (unpaired) electrons. The second kappa shape index (κ2) is 8.64. The lowest BCUT2D eigenvalue weighted by Crippen LogP contribution is -2.16. The van der Waals surface area contributed by atoms with Crippen molar-refractivity contribution < 1.29 is 23.7 Å². The number of methoxy groups -OCH3 is 1. The van der Waals surface area contributed by atoms with E-state index in [0.717, 1.165) is 11.1 Å². The van der Waals surface area contributed by atoms with E-state index >= 15 is 0 Å². The number of hydrogen-bond donors (Lipinski definition) is 1. The van der Waals surface area contributed by atoms with Crippen LogP contribution in [0.15, 0.2) is 40.9 Å². The number of amides is 1. The number of nitro groups is 1. The topological polar surface area (TPSA) is 117 Å². The van der Waals surface area contributed by atoms with Crippen LogP contribution < -0.4 is 14.8 Å². The number of nitrogens with one attached hydrogen (secondary N) is 1. The Bertz CT molecular complexity index is 1110. The third-order valence-electron chi connectivity index (χ3n) is 4.57. The first-order chi connectivity index (χ1) is 14.3. The van der Waals surface area contributed by atoms with Gasteiger partial charge in [0.15, 0.2) is 5.69 Å². The SMILES string of the molecule is COc1ccc(NC(=O)c2noc(C)c2COc2cc(C)ccc2C)c([N+](=O)[O-])c1. The molecule has 0 aliphatic carbocycles. The molecule has 2 aromatic carbocycles. The summed E-state index contributed by atoms with van der Waals surface area (Å²) in [6, 6.07) is 9.97. The summed E-state index contributed by atoms with van der Waals surface area (Å²) in [5.41, 5.74) is 2.19. The van der Waals surface area contributed by atoms with Gasteiger partial charge in [0.2, 0.25) is 0 Å². The Balaban J connectivity index is 1.83. The summed E-state index contributed by atoms with van der Waals surface area (Å²) >= 11 is 0. The van der Waals surface area contributed by atoms with Gasteiger partial charge in [-0.05, 0) is 50.1 Å². The van der Waals surface area contributed by atoms with E-state index in [1.54, 1.807) is 6.92 Å². The van der Waals surface area contributed by atoms with Gasteiger partial charge in [0, 0.05) is 0 Å². The van der Waals surface area contributed by atoms with Crippen molar-refractivity contribution >= 4 is 17.3 Å². The smallest absolute Gasteiger partial charge is 0.296 e. The molecule has 0 spiro atoms. The number of rotatable bonds is 7. The molecule has 1 heterocycles. The maximum absolute atomic E-state index is 12.8. The van der Waals surface area contributed by atoms with Crippen LogP contribution in [0.3, 0.4) is 0 Å². The molecule has 0 aliphatic heterocycles.